The zero-order valence-corrected chi connectivity index (χ0v) is 11.2. The quantitative estimate of drug-likeness (QED) is 0.517. The second-order valence-electron chi connectivity index (χ2n) is 6.15. The van der Waals surface area contributed by atoms with Crippen LogP contribution in [0, 0.1) is 10.8 Å². The number of rotatable bonds is 1. The Morgan fingerprint density at radius 1 is 0.929 bits per heavy atom. The van der Waals surface area contributed by atoms with Crippen LogP contribution in [0.2, 0.25) is 0 Å². The normalized spacial score (nSPS) is 16.0. The first-order valence-electron chi connectivity index (χ1n) is 5.44. The summed E-state index contributed by atoms with van der Waals surface area (Å²) in [5.74, 6) is 0. The Morgan fingerprint density at radius 2 is 1.36 bits per heavy atom. The Morgan fingerprint density at radius 3 is 1.57 bits per heavy atom. The average molecular weight is 194 g/mol. The summed E-state index contributed by atoms with van der Waals surface area (Å²) in [7, 11) is 0. The van der Waals surface area contributed by atoms with Crippen LogP contribution in [0.1, 0.15) is 55.4 Å². The molecule has 0 heterocycles. The summed E-state index contributed by atoms with van der Waals surface area (Å²) in [5.41, 5.74) is 3.38. The van der Waals surface area contributed by atoms with Crippen molar-refractivity contribution in [1.82, 2.24) is 0 Å². The van der Waals surface area contributed by atoms with Crippen molar-refractivity contribution >= 4 is 0 Å². The molecule has 0 saturated heterocycles. The molecule has 0 spiro atoms. The molecule has 0 aliphatic carbocycles. The molecule has 0 N–H and O–H groups in total. The average Bonchev–Trinajstić information content (AvgIpc) is 1.79. The number of allylic oxidation sites excluding steroid dienone is 4. The molecule has 14 heavy (non-hydrogen) atoms. The molecule has 0 aromatic carbocycles. The first kappa shape index (κ1) is 13.5. The van der Waals surface area contributed by atoms with Crippen molar-refractivity contribution < 1.29 is 0 Å². The number of hydrogen-bond acceptors (Lipinski definition) is 0. The lowest BCUT2D eigenvalue weighted by atomic mass is 9.80. The molecule has 0 saturated carbocycles. The van der Waals surface area contributed by atoms with E-state index < -0.39 is 0 Å². The van der Waals surface area contributed by atoms with Crippen molar-refractivity contribution in [2.24, 2.45) is 10.8 Å². The molecule has 0 rings (SSSR count). The summed E-state index contributed by atoms with van der Waals surface area (Å²) in [4.78, 5) is 0. The fraction of sp³-hybridized carbons (Fsp3) is 0.714. The van der Waals surface area contributed by atoms with Gasteiger partial charge in [-0.15, -0.1) is 0 Å². The summed E-state index contributed by atoms with van der Waals surface area (Å²) in [6, 6.07) is 0. The van der Waals surface area contributed by atoms with Crippen molar-refractivity contribution in [1.29, 1.82) is 0 Å². The van der Waals surface area contributed by atoms with Gasteiger partial charge in [-0.2, -0.15) is 0 Å². The highest BCUT2D eigenvalue weighted by Crippen LogP contribution is 2.33. The Balaban J connectivity index is 5.03. The molecule has 0 nitrogen and oxygen atoms in total. The highest BCUT2D eigenvalue weighted by molar-refractivity contribution is 5.34. The molecule has 0 aromatic rings. The van der Waals surface area contributed by atoms with Gasteiger partial charge in [-0.3, -0.25) is 0 Å². The predicted molar refractivity (Wildman–Crippen MR) is 66.4 cm³/mol. The van der Waals surface area contributed by atoms with E-state index in [0.717, 1.165) is 0 Å². The van der Waals surface area contributed by atoms with Crippen LogP contribution in [0.3, 0.4) is 0 Å². The van der Waals surface area contributed by atoms with Crippen LogP contribution in [-0.4, -0.2) is 0 Å². The van der Waals surface area contributed by atoms with Crippen molar-refractivity contribution in [2.75, 3.05) is 0 Å². The SMILES string of the molecule is CC=C(C(C)=CC(C)(C)C)C(C)(C)C. The van der Waals surface area contributed by atoms with Crippen LogP contribution >= 0.6 is 0 Å². The van der Waals surface area contributed by atoms with Gasteiger partial charge in [0.25, 0.3) is 0 Å². The third-order valence-electron chi connectivity index (χ3n) is 2.17. The van der Waals surface area contributed by atoms with E-state index in [-0.39, 0.29) is 10.8 Å². The van der Waals surface area contributed by atoms with Gasteiger partial charge in [0.15, 0.2) is 0 Å². The first-order valence-corrected chi connectivity index (χ1v) is 5.44. The van der Waals surface area contributed by atoms with E-state index in [4.69, 9.17) is 0 Å². The summed E-state index contributed by atoms with van der Waals surface area (Å²) in [6.07, 6.45) is 4.59. The molecular formula is C14H26. The van der Waals surface area contributed by atoms with Gasteiger partial charge in [-0.1, -0.05) is 59.3 Å². The van der Waals surface area contributed by atoms with Gasteiger partial charge >= 0.3 is 0 Å². The molecule has 0 atom stereocenters. The smallest absolute Gasteiger partial charge is 0.0133 e. The molecule has 82 valence electrons. The lowest BCUT2D eigenvalue weighted by Crippen LogP contribution is -2.12. The Hall–Kier alpha value is -0.520. The van der Waals surface area contributed by atoms with Gasteiger partial charge in [0.1, 0.15) is 0 Å². The molecule has 0 fully saturated rings. The van der Waals surface area contributed by atoms with E-state index in [9.17, 15) is 0 Å². The van der Waals surface area contributed by atoms with E-state index in [1.807, 2.05) is 0 Å². The monoisotopic (exact) mass is 194 g/mol. The zero-order chi connectivity index (χ0) is 11.6. The molecule has 0 aliphatic rings. The van der Waals surface area contributed by atoms with Crippen molar-refractivity contribution in [2.45, 2.75) is 55.4 Å². The Bertz CT molecular complexity index is 238. The van der Waals surface area contributed by atoms with Gasteiger partial charge in [0.05, 0.1) is 0 Å². The van der Waals surface area contributed by atoms with Crippen LogP contribution in [0.5, 0.6) is 0 Å². The van der Waals surface area contributed by atoms with Gasteiger partial charge in [0, 0.05) is 0 Å². The summed E-state index contributed by atoms with van der Waals surface area (Å²) in [6.45, 7) is 17.9. The van der Waals surface area contributed by atoms with Crippen molar-refractivity contribution in [3.05, 3.63) is 23.3 Å². The van der Waals surface area contributed by atoms with E-state index in [0.29, 0.717) is 0 Å². The third kappa shape index (κ3) is 4.64. The summed E-state index contributed by atoms with van der Waals surface area (Å²) in [5, 5.41) is 0. The molecule has 0 aromatic heterocycles. The minimum Gasteiger partial charge on any atom is -0.0837 e. The minimum atomic E-state index is 0.251. The maximum absolute atomic E-state index is 2.35. The van der Waals surface area contributed by atoms with E-state index in [1.54, 1.807) is 0 Å². The fourth-order valence-electron chi connectivity index (χ4n) is 1.98. The van der Waals surface area contributed by atoms with Crippen LogP contribution in [-0.2, 0) is 0 Å². The lowest BCUT2D eigenvalue weighted by molar-refractivity contribution is 0.499. The molecule has 0 bridgehead atoms. The fourth-order valence-corrected chi connectivity index (χ4v) is 1.98. The van der Waals surface area contributed by atoms with Gasteiger partial charge in [0.2, 0.25) is 0 Å². The highest BCUT2D eigenvalue weighted by Gasteiger charge is 2.18. The molecule has 0 heteroatoms. The minimum absolute atomic E-state index is 0.251. The standard InChI is InChI=1S/C14H26/c1-9-12(14(6,7)8)11(2)10-13(3,4)5/h9-10H,1-8H3. The first-order chi connectivity index (χ1) is 6.08. The second-order valence-corrected chi connectivity index (χ2v) is 6.15. The zero-order valence-electron chi connectivity index (χ0n) is 11.2. The van der Waals surface area contributed by atoms with Gasteiger partial charge < -0.3 is 0 Å². The lowest BCUT2D eigenvalue weighted by Gasteiger charge is -2.26. The molecular weight excluding hydrogens is 168 g/mol. The Kier molecular flexibility index (Phi) is 4.17. The van der Waals surface area contributed by atoms with Gasteiger partial charge in [-0.25, -0.2) is 0 Å². The van der Waals surface area contributed by atoms with E-state index >= 15 is 0 Å². The topological polar surface area (TPSA) is 0 Å². The predicted octanol–water partition coefficient (Wildman–Crippen LogP) is 4.97. The largest absolute Gasteiger partial charge is 0.0837 e. The van der Waals surface area contributed by atoms with Crippen molar-refractivity contribution in [3.63, 3.8) is 0 Å². The molecule has 0 radical (unpaired) electrons. The number of hydrogen-bond donors (Lipinski definition) is 0. The van der Waals surface area contributed by atoms with Crippen LogP contribution in [0.15, 0.2) is 23.3 Å². The third-order valence-corrected chi connectivity index (χ3v) is 2.17. The summed E-state index contributed by atoms with van der Waals surface area (Å²) < 4.78 is 0. The molecule has 0 amide bonds. The van der Waals surface area contributed by atoms with Crippen molar-refractivity contribution in [3.8, 4) is 0 Å². The second kappa shape index (κ2) is 4.33. The van der Waals surface area contributed by atoms with E-state index in [1.165, 1.54) is 11.1 Å². The van der Waals surface area contributed by atoms with Gasteiger partial charge in [-0.05, 0) is 30.3 Å². The molecule has 0 unspecified atom stereocenters. The Labute approximate surface area is 90.1 Å². The maximum atomic E-state index is 2.35. The van der Waals surface area contributed by atoms with Crippen LogP contribution in [0.25, 0.3) is 0 Å². The summed E-state index contributed by atoms with van der Waals surface area (Å²) >= 11 is 0. The highest BCUT2D eigenvalue weighted by atomic mass is 14.2. The molecule has 0 aliphatic heterocycles. The van der Waals surface area contributed by atoms with Crippen LogP contribution in [0.4, 0.5) is 0 Å². The van der Waals surface area contributed by atoms with Crippen LogP contribution < -0.4 is 0 Å². The maximum Gasteiger partial charge on any atom is -0.0133 e. The van der Waals surface area contributed by atoms with E-state index in [2.05, 4.69) is 67.5 Å².